The van der Waals surface area contributed by atoms with E-state index in [2.05, 4.69) is 0 Å². The number of benzene rings is 2. The van der Waals surface area contributed by atoms with Crippen molar-refractivity contribution >= 4 is 32.7 Å². The summed E-state index contributed by atoms with van der Waals surface area (Å²) < 4.78 is 30.5. The van der Waals surface area contributed by atoms with E-state index in [1.165, 1.54) is 30.3 Å². The molecule has 5 nitrogen and oxygen atoms in total. The predicted octanol–water partition coefficient (Wildman–Crippen LogP) is 2.48. The van der Waals surface area contributed by atoms with E-state index in [1.54, 1.807) is 18.2 Å². The molecule has 0 fully saturated rings. The SMILES string of the molecule is O=c1oc2ccc(Cl)cc2n1S(=O)(=O)c1ccccc1. The van der Waals surface area contributed by atoms with Crippen LogP contribution in [0.2, 0.25) is 5.02 Å². The summed E-state index contributed by atoms with van der Waals surface area (Å²) in [6, 6.07) is 12.0. The van der Waals surface area contributed by atoms with Crippen LogP contribution in [0.3, 0.4) is 0 Å². The highest BCUT2D eigenvalue weighted by Crippen LogP contribution is 2.22. The summed E-state index contributed by atoms with van der Waals surface area (Å²) in [5.74, 6) is -0.967. The molecule has 3 rings (SSSR count). The monoisotopic (exact) mass is 309 g/mol. The van der Waals surface area contributed by atoms with Gasteiger partial charge in [-0.15, -0.1) is 0 Å². The quantitative estimate of drug-likeness (QED) is 0.729. The van der Waals surface area contributed by atoms with E-state index >= 15 is 0 Å². The second-order valence-electron chi connectivity index (χ2n) is 4.06. The third-order valence-electron chi connectivity index (χ3n) is 2.78. The van der Waals surface area contributed by atoms with Crippen molar-refractivity contribution in [1.82, 2.24) is 3.97 Å². The Balaban J connectivity index is 2.38. The van der Waals surface area contributed by atoms with Crippen molar-refractivity contribution in [2.75, 3.05) is 0 Å². The van der Waals surface area contributed by atoms with E-state index in [4.69, 9.17) is 16.0 Å². The van der Waals surface area contributed by atoms with Crippen LogP contribution in [0.1, 0.15) is 0 Å². The lowest BCUT2D eigenvalue weighted by molar-refractivity contribution is 0.534. The molecule has 20 heavy (non-hydrogen) atoms. The van der Waals surface area contributed by atoms with Crippen molar-refractivity contribution in [3.05, 3.63) is 64.1 Å². The zero-order valence-electron chi connectivity index (χ0n) is 9.99. The van der Waals surface area contributed by atoms with Gasteiger partial charge in [0, 0.05) is 5.02 Å². The third kappa shape index (κ3) is 1.93. The summed E-state index contributed by atoms with van der Waals surface area (Å²) in [5.41, 5.74) is 0.283. The lowest BCUT2D eigenvalue weighted by atomic mass is 10.3. The van der Waals surface area contributed by atoms with Crippen LogP contribution in [-0.4, -0.2) is 12.4 Å². The normalized spacial score (nSPS) is 11.8. The lowest BCUT2D eigenvalue weighted by Gasteiger charge is -2.04. The molecule has 0 aliphatic rings. The summed E-state index contributed by atoms with van der Waals surface area (Å²) in [4.78, 5) is 11.8. The van der Waals surface area contributed by atoms with E-state index in [0.717, 1.165) is 0 Å². The first-order valence-corrected chi connectivity index (χ1v) is 7.44. The van der Waals surface area contributed by atoms with E-state index in [9.17, 15) is 13.2 Å². The van der Waals surface area contributed by atoms with Gasteiger partial charge in [-0.25, -0.2) is 13.2 Å². The molecule has 0 aliphatic carbocycles. The lowest BCUT2D eigenvalue weighted by Crippen LogP contribution is -2.23. The fourth-order valence-electron chi connectivity index (χ4n) is 1.89. The largest absolute Gasteiger partial charge is 0.434 e. The van der Waals surface area contributed by atoms with Gasteiger partial charge in [-0.2, -0.15) is 3.97 Å². The Morgan fingerprint density at radius 1 is 1.05 bits per heavy atom. The number of nitrogens with zero attached hydrogens (tertiary/aromatic N) is 1. The third-order valence-corrected chi connectivity index (χ3v) is 4.71. The fraction of sp³-hybridized carbons (Fsp3) is 0. The molecule has 0 amide bonds. The van der Waals surface area contributed by atoms with Gasteiger partial charge in [0.2, 0.25) is 0 Å². The van der Waals surface area contributed by atoms with Crippen LogP contribution in [0, 0.1) is 0 Å². The average Bonchev–Trinajstić information content (AvgIpc) is 2.75. The van der Waals surface area contributed by atoms with Crippen LogP contribution in [0.25, 0.3) is 11.1 Å². The smallest absolute Gasteiger partial charge is 0.407 e. The molecule has 0 unspecified atom stereocenters. The van der Waals surface area contributed by atoms with Crippen molar-refractivity contribution in [2.45, 2.75) is 4.90 Å². The summed E-state index contributed by atoms with van der Waals surface area (Å²) in [5, 5.41) is 0.315. The maximum atomic E-state index is 12.5. The molecule has 2 aromatic carbocycles. The Morgan fingerprint density at radius 2 is 1.75 bits per heavy atom. The summed E-state index contributed by atoms with van der Waals surface area (Å²) >= 11 is 5.84. The van der Waals surface area contributed by atoms with Crippen molar-refractivity contribution in [3.63, 3.8) is 0 Å². The van der Waals surface area contributed by atoms with E-state index < -0.39 is 15.8 Å². The van der Waals surface area contributed by atoms with Crippen LogP contribution in [0.4, 0.5) is 0 Å². The molecule has 0 atom stereocenters. The molecule has 0 saturated heterocycles. The van der Waals surface area contributed by atoms with Crippen molar-refractivity contribution in [2.24, 2.45) is 0 Å². The Hall–Kier alpha value is -2.05. The molecule has 0 saturated carbocycles. The van der Waals surface area contributed by atoms with E-state index in [-0.39, 0.29) is 16.0 Å². The standard InChI is InChI=1S/C13H8ClNO4S/c14-9-6-7-12-11(8-9)15(13(16)19-12)20(17,18)10-4-2-1-3-5-10/h1-8H. The van der Waals surface area contributed by atoms with Gasteiger partial charge in [0.05, 0.1) is 4.90 Å². The number of hydrogen-bond acceptors (Lipinski definition) is 4. The van der Waals surface area contributed by atoms with Gasteiger partial charge in [-0.3, -0.25) is 0 Å². The van der Waals surface area contributed by atoms with Gasteiger partial charge in [0.25, 0.3) is 10.0 Å². The van der Waals surface area contributed by atoms with Gasteiger partial charge < -0.3 is 4.42 Å². The maximum Gasteiger partial charge on any atom is 0.434 e. The number of aromatic nitrogens is 1. The number of hydrogen-bond donors (Lipinski definition) is 0. The van der Waals surface area contributed by atoms with Gasteiger partial charge in [-0.1, -0.05) is 29.8 Å². The second-order valence-corrected chi connectivity index (χ2v) is 6.29. The Labute approximate surface area is 119 Å². The summed E-state index contributed by atoms with van der Waals surface area (Å²) in [6.45, 7) is 0. The van der Waals surface area contributed by atoms with Crippen LogP contribution in [-0.2, 0) is 10.0 Å². The Bertz CT molecular complexity index is 941. The van der Waals surface area contributed by atoms with Gasteiger partial charge in [0.1, 0.15) is 5.52 Å². The van der Waals surface area contributed by atoms with E-state index in [0.29, 0.717) is 9.00 Å². The molecule has 0 aliphatic heterocycles. The molecule has 0 radical (unpaired) electrons. The highest BCUT2D eigenvalue weighted by molar-refractivity contribution is 7.90. The first-order valence-electron chi connectivity index (χ1n) is 5.62. The Kier molecular flexibility index (Phi) is 2.92. The number of oxazole rings is 1. The molecular weight excluding hydrogens is 302 g/mol. The molecule has 0 N–H and O–H groups in total. The minimum absolute atomic E-state index is 0.00442. The molecule has 7 heteroatoms. The highest BCUT2D eigenvalue weighted by Gasteiger charge is 2.23. The van der Waals surface area contributed by atoms with Crippen LogP contribution in [0.5, 0.6) is 0 Å². The van der Waals surface area contributed by atoms with Crippen molar-refractivity contribution < 1.29 is 12.8 Å². The molecule has 0 spiro atoms. The first kappa shape index (κ1) is 13.0. The maximum absolute atomic E-state index is 12.5. The zero-order valence-corrected chi connectivity index (χ0v) is 11.6. The van der Waals surface area contributed by atoms with Crippen LogP contribution in [0.15, 0.2) is 62.6 Å². The average molecular weight is 310 g/mol. The molecule has 0 bridgehead atoms. The predicted molar refractivity (Wildman–Crippen MR) is 74.5 cm³/mol. The fourth-order valence-corrected chi connectivity index (χ4v) is 3.41. The Morgan fingerprint density at radius 3 is 2.45 bits per heavy atom. The minimum atomic E-state index is -4.02. The van der Waals surface area contributed by atoms with E-state index in [1.807, 2.05) is 0 Å². The van der Waals surface area contributed by atoms with Gasteiger partial charge in [0.15, 0.2) is 5.58 Å². The van der Waals surface area contributed by atoms with Crippen LogP contribution < -0.4 is 5.76 Å². The van der Waals surface area contributed by atoms with Gasteiger partial charge >= 0.3 is 5.76 Å². The molecule has 3 aromatic rings. The summed E-state index contributed by atoms with van der Waals surface area (Å²) in [6.07, 6.45) is 0. The molecule has 1 aromatic heterocycles. The highest BCUT2D eigenvalue weighted by atomic mass is 35.5. The molecular formula is C13H8ClNO4S. The molecule has 102 valence electrons. The van der Waals surface area contributed by atoms with Crippen LogP contribution >= 0.6 is 11.6 Å². The first-order chi connectivity index (χ1) is 9.50. The summed E-state index contributed by atoms with van der Waals surface area (Å²) in [7, 11) is -4.02. The molecule has 1 heterocycles. The number of halogens is 1. The zero-order chi connectivity index (χ0) is 14.3. The van der Waals surface area contributed by atoms with Crippen molar-refractivity contribution in [1.29, 1.82) is 0 Å². The topological polar surface area (TPSA) is 69.3 Å². The number of rotatable bonds is 2. The van der Waals surface area contributed by atoms with Gasteiger partial charge in [-0.05, 0) is 30.3 Å². The number of fused-ring (bicyclic) bond motifs is 1. The van der Waals surface area contributed by atoms with Crippen molar-refractivity contribution in [3.8, 4) is 0 Å². The second kappa shape index (κ2) is 4.50. The minimum Gasteiger partial charge on any atom is -0.407 e.